The minimum absolute atomic E-state index is 0.162. The first kappa shape index (κ1) is 10.7. The second kappa shape index (κ2) is 3.96. The molecule has 0 bridgehead atoms. The smallest absolute Gasteiger partial charge is 0.138 e. The molecule has 82 valence electrons. The average molecular weight is 223 g/mol. The molecule has 1 heterocycles. The third-order valence-corrected chi connectivity index (χ3v) is 2.18. The number of aryl methyl sites for hydroxylation is 1. The molecule has 0 saturated carbocycles. The Kier molecular flexibility index (Phi) is 2.64. The molecule has 0 unspecified atom stereocenters. The second-order valence-corrected chi connectivity index (χ2v) is 3.46. The van der Waals surface area contributed by atoms with Crippen molar-refractivity contribution in [3.05, 3.63) is 53.5 Å². The first-order valence-electron chi connectivity index (χ1n) is 4.65. The molecule has 1 nitrogen and oxygen atoms in total. The lowest BCUT2D eigenvalue weighted by Gasteiger charge is -2.05. The summed E-state index contributed by atoms with van der Waals surface area (Å²) in [5.41, 5.74) is 0.688. The fourth-order valence-corrected chi connectivity index (χ4v) is 1.46. The second-order valence-electron chi connectivity index (χ2n) is 3.46. The highest BCUT2D eigenvalue weighted by Gasteiger charge is 2.14. The molecular weight excluding hydrogens is 215 g/mol. The summed E-state index contributed by atoms with van der Waals surface area (Å²) in [5, 5.41) is 0. The van der Waals surface area contributed by atoms with Gasteiger partial charge in [0.05, 0.1) is 11.3 Å². The van der Waals surface area contributed by atoms with Crippen LogP contribution in [0.5, 0.6) is 0 Å². The van der Waals surface area contributed by atoms with Crippen molar-refractivity contribution in [1.29, 1.82) is 0 Å². The number of hydrogen-bond acceptors (Lipinski definition) is 1. The van der Waals surface area contributed by atoms with Gasteiger partial charge in [0.1, 0.15) is 17.5 Å². The molecule has 1 aromatic heterocycles. The van der Waals surface area contributed by atoms with Crippen LogP contribution in [0.4, 0.5) is 13.2 Å². The number of nitrogens with zero attached hydrogens (tertiary/aromatic N) is 1. The van der Waals surface area contributed by atoms with Gasteiger partial charge in [-0.1, -0.05) is 0 Å². The third-order valence-electron chi connectivity index (χ3n) is 2.18. The maximum absolute atomic E-state index is 13.4. The summed E-state index contributed by atoms with van der Waals surface area (Å²) in [6.45, 7) is 1.78. The van der Waals surface area contributed by atoms with Gasteiger partial charge in [-0.25, -0.2) is 13.2 Å². The molecule has 0 atom stereocenters. The molecule has 0 saturated heterocycles. The molecule has 0 radical (unpaired) electrons. The molecular formula is C12H8F3N. The summed E-state index contributed by atoms with van der Waals surface area (Å²) in [4.78, 5) is 3.86. The lowest BCUT2D eigenvalue weighted by atomic mass is 10.1. The number of pyridine rings is 1. The van der Waals surface area contributed by atoms with Crippen LogP contribution in [0.3, 0.4) is 0 Å². The SMILES string of the molecule is Cc1ccnc(-c2c(F)cc(F)cc2F)c1. The fraction of sp³-hybridized carbons (Fsp3) is 0.0833. The van der Waals surface area contributed by atoms with Crippen LogP contribution < -0.4 is 0 Å². The van der Waals surface area contributed by atoms with Gasteiger partial charge >= 0.3 is 0 Å². The molecule has 4 heteroatoms. The summed E-state index contributed by atoms with van der Waals surface area (Å²) in [5.74, 6) is -2.84. The highest BCUT2D eigenvalue weighted by molar-refractivity contribution is 5.61. The minimum atomic E-state index is -0.949. The van der Waals surface area contributed by atoms with E-state index in [4.69, 9.17) is 0 Å². The fourth-order valence-electron chi connectivity index (χ4n) is 1.46. The Labute approximate surface area is 90.6 Å². The van der Waals surface area contributed by atoms with Crippen molar-refractivity contribution in [3.8, 4) is 11.3 Å². The van der Waals surface area contributed by atoms with Gasteiger partial charge < -0.3 is 0 Å². The Bertz CT molecular complexity index is 515. The van der Waals surface area contributed by atoms with Gasteiger partial charge in [-0.05, 0) is 24.6 Å². The molecule has 0 aliphatic rings. The average Bonchev–Trinajstić information content (AvgIpc) is 2.15. The zero-order valence-corrected chi connectivity index (χ0v) is 8.47. The van der Waals surface area contributed by atoms with E-state index in [1.807, 2.05) is 0 Å². The van der Waals surface area contributed by atoms with Crippen LogP contribution in [0.2, 0.25) is 0 Å². The molecule has 1 aromatic carbocycles. The number of aromatic nitrogens is 1. The Hall–Kier alpha value is -1.84. The van der Waals surface area contributed by atoms with Gasteiger partial charge in [0, 0.05) is 18.3 Å². The van der Waals surface area contributed by atoms with E-state index in [1.165, 1.54) is 6.20 Å². The Morgan fingerprint density at radius 3 is 2.19 bits per heavy atom. The van der Waals surface area contributed by atoms with E-state index in [9.17, 15) is 13.2 Å². The molecule has 0 aliphatic heterocycles. The summed E-state index contributed by atoms with van der Waals surface area (Å²) in [6, 6.07) is 4.53. The van der Waals surface area contributed by atoms with Gasteiger partial charge in [-0.3, -0.25) is 4.98 Å². The lowest BCUT2D eigenvalue weighted by molar-refractivity contribution is 0.547. The molecule has 0 fully saturated rings. The van der Waals surface area contributed by atoms with E-state index in [0.717, 1.165) is 5.56 Å². The Morgan fingerprint density at radius 1 is 1.00 bits per heavy atom. The van der Waals surface area contributed by atoms with E-state index >= 15 is 0 Å². The maximum Gasteiger partial charge on any atom is 0.138 e. The van der Waals surface area contributed by atoms with Gasteiger partial charge in [-0.15, -0.1) is 0 Å². The van der Waals surface area contributed by atoms with E-state index in [2.05, 4.69) is 4.98 Å². The first-order chi connectivity index (χ1) is 7.58. The van der Waals surface area contributed by atoms with Crippen LogP contribution in [0.1, 0.15) is 5.56 Å². The quantitative estimate of drug-likeness (QED) is 0.721. The van der Waals surface area contributed by atoms with Crippen LogP contribution >= 0.6 is 0 Å². The van der Waals surface area contributed by atoms with Crippen molar-refractivity contribution >= 4 is 0 Å². The van der Waals surface area contributed by atoms with Crippen LogP contribution in [0, 0.1) is 24.4 Å². The summed E-state index contributed by atoms with van der Waals surface area (Å²) < 4.78 is 39.5. The largest absolute Gasteiger partial charge is 0.256 e. The lowest BCUT2D eigenvalue weighted by Crippen LogP contribution is -1.94. The van der Waals surface area contributed by atoms with Crippen molar-refractivity contribution in [2.45, 2.75) is 6.92 Å². The number of rotatable bonds is 1. The maximum atomic E-state index is 13.4. The van der Waals surface area contributed by atoms with Crippen molar-refractivity contribution in [2.24, 2.45) is 0 Å². The van der Waals surface area contributed by atoms with Crippen LogP contribution in [-0.4, -0.2) is 4.98 Å². The van der Waals surface area contributed by atoms with Crippen LogP contribution in [-0.2, 0) is 0 Å². The molecule has 0 aliphatic carbocycles. The van der Waals surface area contributed by atoms with Gasteiger partial charge in [-0.2, -0.15) is 0 Å². The van der Waals surface area contributed by atoms with E-state index < -0.39 is 17.5 Å². The zero-order valence-electron chi connectivity index (χ0n) is 8.47. The predicted molar refractivity (Wildman–Crippen MR) is 54.3 cm³/mol. The van der Waals surface area contributed by atoms with Gasteiger partial charge in [0.25, 0.3) is 0 Å². The van der Waals surface area contributed by atoms with Crippen molar-refractivity contribution in [3.63, 3.8) is 0 Å². The van der Waals surface area contributed by atoms with Gasteiger partial charge in [0.2, 0.25) is 0 Å². The number of halogens is 3. The topological polar surface area (TPSA) is 12.9 Å². The van der Waals surface area contributed by atoms with Crippen molar-refractivity contribution in [1.82, 2.24) is 4.98 Å². The molecule has 0 amide bonds. The number of benzene rings is 1. The van der Waals surface area contributed by atoms with E-state index in [-0.39, 0.29) is 11.3 Å². The molecule has 16 heavy (non-hydrogen) atoms. The summed E-state index contributed by atoms with van der Waals surface area (Å²) >= 11 is 0. The normalized spacial score (nSPS) is 10.5. The van der Waals surface area contributed by atoms with Crippen LogP contribution in [0.15, 0.2) is 30.5 Å². The third kappa shape index (κ3) is 1.91. The summed E-state index contributed by atoms with van der Waals surface area (Å²) in [6.07, 6.45) is 1.45. The standard InChI is InChI=1S/C12H8F3N/c1-7-2-3-16-11(4-7)12-9(14)5-8(13)6-10(12)15/h2-6H,1H3. The van der Waals surface area contributed by atoms with E-state index in [1.54, 1.807) is 19.1 Å². The Morgan fingerprint density at radius 2 is 1.62 bits per heavy atom. The first-order valence-corrected chi connectivity index (χ1v) is 4.65. The van der Waals surface area contributed by atoms with Crippen LogP contribution in [0.25, 0.3) is 11.3 Å². The van der Waals surface area contributed by atoms with Gasteiger partial charge in [0.15, 0.2) is 0 Å². The monoisotopic (exact) mass is 223 g/mol. The minimum Gasteiger partial charge on any atom is -0.256 e. The van der Waals surface area contributed by atoms with E-state index in [0.29, 0.717) is 12.1 Å². The molecule has 0 spiro atoms. The van der Waals surface area contributed by atoms with Crippen molar-refractivity contribution in [2.75, 3.05) is 0 Å². The molecule has 0 N–H and O–H groups in total. The Balaban J connectivity index is 2.64. The van der Waals surface area contributed by atoms with Crippen molar-refractivity contribution < 1.29 is 13.2 Å². The number of hydrogen-bond donors (Lipinski definition) is 0. The highest BCUT2D eigenvalue weighted by atomic mass is 19.1. The molecule has 2 aromatic rings. The summed E-state index contributed by atoms with van der Waals surface area (Å²) in [7, 11) is 0. The predicted octanol–water partition coefficient (Wildman–Crippen LogP) is 3.47. The highest BCUT2D eigenvalue weighted by Crippen LogP contribution is 2.25. The molecule has 2 rings (SSSR count). The zero-order chi connectivity index (χ0) is 11.7.